The van der Waals surface area contributed by atoms with Crippen LogP contribution in [0.25, 0.3) is 0 Å². The van der Waals surface area contributed by atoms with Crippen LogP contribution in [0.15, 0.2) is 42.6 Å². The van der Waals surface area contributed by atoms with E-state index >= 15 is 0 Å². The lowest BCUT2D eigenvalue weighted by Crippen LogP contribution is -2.27. The molecular formula is C17H18F2N2O. The molecule has 1 aliphatic heterocycles. The molecular weight excluding hydrogens is 286 g/mol. The van der Waals surface area contributed by atoms with Crippen molar-refractivity contribution < 1.29 is 13.9 Å². The molecule has 1 aromatic heterocycles. The lowest BCUT2D eigenvalue weighted by molar-refractivity contribution is 0.175. The highest BCUT2D eigenvalue weighted by Crippen LogP contribution is 2.33. The summed E-state index contributed by atoms with van der Waals surface area (Å²) < 4.78 is 27.4. The third-order valence-electron chi connectivity index (χ3n) is 4.08. The first kappa shape index (κ1) is 15.1. The fraction of sp³-hybridized carbons (Fsp3) is 0.353. The highest BCUT2D eigenvalue weighted by atomic mass is 19.1. The van der Waals surface area contributed by atoms with Crippen molar-refractivity contribution in [1.82, 2.24) is 9.88 Å². The number of aliphatic hydroxyl groups is 1. The number of hydrogen-bond donors (Lipinski definition) is 1. The number of pyridine rings is 1. The van der Waals surface area contributed by atoms with Crippen molar-refractivity contribution in [3.63, 3.8) is 0 Å². The van der Waals surface area contributed by atoms with E-state index in [2.05, 4.69) is 4.98 Å². The topological polar surface area (TPSA) is 36.4 Å². The molecule has 3 rings (SSSR count). The Kier molecular flexibility index (Phi) is 4.45. The average molecular weight is 304 g/mol. The van der Waals surface area contributed by atoms with Gasteiger partial charge in [0.05, 0.1) is 6.10 Å². The van der Waals surface area contributed by atoms with E-state index in [1.165, 1.54) is 6.07 Å². The van der Waals surface area contributed by atoms with Gasteiger partial charge in [-0.15, -0.1) is 0 Å². The molecule has 116 valence electrons. The minimum Gasteiger partial charge on any atom is -0.392 e. The number of aliphatic hydroxyl groups excluding tert-OH is 1. The standard InChI is InChI=1S/C17H18F2N2O/c18-12-4-5-16(19)15(9-12)17-10-14(22)11-21(17)8-6-13-3-1-2-7-20-13/h1-5,7,9,14,17,22H,6,8,10-11H2/t14-,17+/m1/s1. The summed E-state index contributed by atoms with van der Waals surface area (Å²) in [6.07, 6.45) is 2.35. The summed E-state index contributed by atoms with van der Waals surface area (Å²) in [6.45, 7) is 1.11. The summed E-state index contributed by atoms with van der Waals surface area (Å²) in [7, 11) is 0. The monoisotopic (exact) mass is 304 g/mol. The molecule has 2 atom stereocenters. The van der Waals surface area contributed by atoms with E-state index in [0.717, 1.165) is 17.8 Å². The summed E-state index contributed by atoms with van der Waals surface area (Å²) in [4.78, 5) is 6.26. The number of rotatable bonds is 4. The second-order valence-corrected chi connectivity index (χ2v) is 5.64. The molecule has 2 heterocycles. The molecule has 1 saturated heterocycles. The van der Waals surface area contributed by atoms with Gasteiger partial charge in [0.25, 0.3) is 0 Å². The fourth-order valence-corrected chi connectivity index (χ4v) is 3.02. The SMILES string of the molecule is O[C@@H]1C[C@@H](c2cc(F)ccc2F)N(CCc2ccccn2)C1. The highest BCUT2D eigenvalue weighted by molar-refractivity contribution is 5.24. The van der Waals surface area contributed by atoms with E-state index in [1.807, 2.05) is 23.1 Å². The van der Waals surface area contributed by atoms with E-state index in [-0.39, 0.29) is 6.04 Å². The van der Waals surface area contributed by atoms with Gasteiger partial charge in [0.1, 0.15) is 11.6 Å². The van der Waals surface area contributed by atoms with Gasteiger partial charge >= 0.3 is 0 Å². The Labute approximate surface area is 128 Å². The molecule has 0 spiro atoms. The van der Waals surface area contributed by atoms with Crippen LogP contribution >= 0.6 is 0 Å². The van der Waals surface area contributed by atoms with Crippen LogP contribution in [0.2, 0.25) is 0 Å². The highest BCUT2D eigenvalue weighted by Gasteiger charge is 2.33. The zero-order valence-electron chi connectivity index (χ0n) is 12.1. The quantitative estimate of drug-likeness (QED) is 0.943. The van der Waals surface area contributed by atoms with Crippen LogP contribution in [0.3, 0.4) is 0 Å². The van der Waals surface area contributed by atoms with Crippen molar-refractivity contribution in [1.29, 1.82) is 0 Å². The maximum atomic E-state index is 14.0. The van der Waals surface area contributed by atoms with Crippen LogP contribution in [-0.4, -0.2) is 34.2 Å². The maximum absolute atomic E-state index is 14.0. The van der Waals surface area contributed by atoms with E-state index in [1.54, 1.807) is 6.20 Å². The first-order chi connectivity index (χ1) is 10.6. The number of hydrogen-bond acceptors (Lipinski definition) is 3. The normalized spacial score (nSPS) is 22.1. The number of nitrogens with zero attached hydrogens (tertiary/aromatic N) is 2. The lowest BCUT2D eigenvalue weighted by atomic mass is 10.0. The van der Waals surface area contributed by atoms with Crippen LogP contribution in [0, 0.1) is 11.6 Å². The van der Waals surface area contributed by atoms with Crippen LogP contribution in [0.1, 0.15) is 23.7 Å². The van der Waals surface area contributed by atoms with E-state index in [0.29, 0.717) is 31.5 Å². The molecule has 1 N–H and O–H groups in total. The molecule has 0 aliphatic carbocycles. The summed E-state index contributed by atoms with van der Waals surface area (Å²) in [6, 6.07) is 8.90. The first-order valence-corrected chi connectivity index (χ1v) is 7.40. The molecule has 0 saturated carbocycles. The van der Waals surface area contributed by atoms with E-state index in [4.69, 9.17) is 0 Å². The van der Waals surface area contributed by atoms with Gasteiger partial charge in [-0.05, 0) is 36.8 Å². The van der Waals surface area contributed by atoms with E-state index < -0.39 is 17.7 Å². The number of likely N-dealkylation sites (tertiary alicyclic amines) is 1. The third-order valence-corrected chi connectivity index (χ3v) is 4.08. The van der Waals surface area contributed by atoms with Crippen molar-refractivity contribution in [3.8, 4) is 0 Å². The van der Waals surface area contributed by atoms with Crippen LogP contribution in [0.4, 0.5) is 8.78 Å². The Morgan fingerprint density at radius 3 is 2.86 bits per heavy atom. The molecule has 1 fully saturated rings. The van der Waals surface area contributed by atoms with Gasteiger partial charge in [-0.3, -0.25) is 9.88 Å². The summed E-state index contributed by atoms with van der Waals surface area (Å²) in [5, 5.41) is 9.92. The molecule has 0 bridgehead atoms. The minimum atomic E-state index is -0.517. The molecule has 0 radical (unpaired) electrons. The molecule has 1 aromatic carbocycles. The lowest BCUT2D eigenvalue weighted by Gasteiger charge is -2.24. The number of aromatic nitrogens is 1. The Morgan fingerprint density at radius 1 is 1.23 bits per heavy atom. The molecule has 3 nitrogen and oxygen atoms in total. The number of β-amino-alcohol motifs (C(OH)–C–C–N with tert-alkyl or cyclic N) is 1. The Hall–Kier alpha value is -1.85. The van der Waals surface area contributed by atoms with Crippen LogP contribution in [0.5, 0.6) is 0 Å². The molecule has 2 aromatic rings. The Morgan fingerprint density at radius 2 is 2.09 bits per heavy atom. The van der Waals surface area contributed by atoms with Crippen molar-refractivity contribution in [2.45, 2.75) is 25.0 Å². The van der Waals surface area contributed by atoms with Gasteiger partial charge in [-0.25, -0.2) is 8.78 Å². The van der Waals surface area contributed by atoms with Crippen molar-refractivity contribution in [2.75, 3.05) is 13.1 Å². The third kappa shape index (κ3) is 3.31. The van der Waals surface area contributed by atoms with Gasteiger partial charge in [0, 0.05) is 43.0 Å². The molecule has 0 unspecified atom stereocenters. The number of halogens is 2. The maximum Gasteiger partial charge on any atom is 0.128 e. The smallest absolute Gasteiger partial charge is 0.128 e. The van der Waals surface area contributed by atoms with Gasteiger partial charge < -0.3 is 5.11 Å². The zero-order chi connectivity index (χ0) is 15.5. The zero-order valence-corrected chi connectivity index (χ0v) is 12.1. The van der Waals surface area contributed by atoms with Crippen molar-refractivity contribution in [3.05, 3.63) is 65.5 Å². The van der Waals surface area contributed by atoms with Crippen molar-refractivity contribution >= 4 is 0 Å². The fourth-order valence-electron chi connectivity index (χ4n) is 3.02. The summed E-state index contributed by atoms with van der Waals surface area (Å²) in [5.74, 6) is -0.884. The van der Waals surface area contributed by atoms with Crippen LogP contribution < -0.4 is 0 Å². The Bertz CT molecular complexity index is 636. The number of benzene rings is 1. The largest absolute Gasteiger partial charge is 0.392 e. The Balaban J connectivity index is 1.76. The molecule has 5 heteroatoms. The van der Waals surface area contributed by atoms with Gasteiger partial charge in [0.15, 0.2) is 0 Å². The minimum absolute atomic E-state index is 0.297. The van der Waals surface area contributed by atoms with Crippen molar-refractivity contribution in [2.24, 2.45) is 0 Å². The predicted octanol–water partition coefficient (Wildman–Crippen LogP) is 2.71. The summed E-state index contributed by atoms with van der Waals surface area (Å²) >= 11 is 0. The molecule has 0 amide bonds. The van der Waals surface area contributed by atoms with Gasteiger partial charge in [-0.2, -0.15) is 0 Å². The van der Waals surface area contributed by atoms with Crippen LogP contribution in [-0.2, 0) is 6.42 Å². The summed E-state index contributed by atoms with van der Waals surface area (Å²) in [5.41, 5.74) is 1.26. The van der Waals surface area contributed by atoms with Gasteiger partial charge in [0.2, 0.25) is 0 Å². The first-order valence-electron chi connectivity index (χ1n) is 7.40. The van der Waals surface area contributed by atoms with Gasteiger partial charge in [-0.1, -0.05) is 6.07 Å². The molecule has 1 aliphatic rings. The van der Waals surface area contributed by atoms with E-state index in [9.17, 15) is 13.9 Å². The average Bonchev–Trinajstić information content (AvgIpc) is 2.89. The second kappa shape index (κ2) is 6.50. The predicted molar refractivity (Wildman–Crippen MR) is 79.2 cm³/mol. The molecule has 22 heavy (non-hydrogen) atoms. The second-order valence-electron chi connectivity index (χ2n) is 5.64.